The number of amides is 2. The van der Waals surface area contributed by atoms with Crippen LogP contribution in [0, 0.1) is 5.92 Å². The average Bonchev–Trinajstić information content (AvgIpc) is 2.74. The van der Waals surface area contributed by atoms with Gasteiger partial charge in [0.15, 0.2) is 0 Å². The molecule has 30 heavy (non-hydrogen) atoms. The quantitative estimate of drug-likeness (QED) is 0.548. The van der Waals surface area contributed by atoms with Gasteiger partial charge in [-0.05, 0) is 42.5 Å². The molecule has 1 heterocycles. The molecule has 0 spiro atoms. The average molecular weight is 442 g/mol. The van der Waals surface area contributed by atoms with E-state index in [1.165, 1.54) is 18.2 Å². The van der Waals surface area contributed by atoms with Crippen LogP contribution in [0.4, 0.5) is 0 Å². The predicted molar refractivity (Wildman–Crippen MR) is 124 cm³/mol. The van der Waals surface area contributed by atoms with Gasteiger partial charge in [0.25, 0.3) is 5.91 Å². The van der Waals surface area contributed by atoms with E-state index in [1.54, 1.807) is 4.58 Å². The van der Waals surface area contributed by atoms with Crippen molar-refractivity contribution in [3.8, 4) is 0 Å². The fourth-order valence-electron chi connectivity index (χ4n) is 4.19. The van der Waals surface area contributed by atoms with Crippen LogP contribution in [-0.2, 0) is 9.59 Å². The zero-order valence-electron chi connectivity index (χ0n) is 17.0. The molecule has 1 aliphatic heterocycles. The summed E-state index contributed by atoms with van der Waals surface area (Å²) in [5.74, 6) is 0.260. The summed E-state index contributed by atoms with van der Waals surface area (Å²) in [6.07, 6.45) is 14.3. The molecule has 4 nitrogen and oxygen atoms in total. The first-order valence-electron chi connectivity index (χ1n) is 10.5. The molecule has 1 saturated carbocycles. The van der Waals surface area contributed by atoms with E-state index in [0.29, 0.717) is 15.8 Å². The molecule has 1 fully saturated rings. The molecular weight excluding hydrogens is 416 g/mol. The van der Waals surface area contributed by atoms with E-state index in [9.17, 15) is 9.59 Å². The third kappa shape index (κ3) is 4.79. The summed E-state index contributed by atoms with van der Waals surface area (Å²) < 4.78 is 1.63. The van der Waals surface area contributed by atoms with Gasteiger partial charge in [-0.25, -0.2) is 4.79 Å². The van der Waals surface area contributed by atoms with Gasteiger partial charge in [0, 0.05) is 17.1 Å². The van der Waals surface area contributed by atoms with Crippen molar-refractivity contribution < 1.29 is 14.2 Å². The van der Waals surface area contributed by atoms with Gasteiger partial charge in [-0.3, -0.25) is 4.79 Å². The zero-order valence-corrected chi connectivity index (χ0v) is 18.6. The van der Waals surface area contributed by atoms with Crippen LogP contribution < -0.4 is 5.32 Å². The Balaban J connectivity index is 1.57. The molecule has 3 aliphatic rings. The van der Waals surface area contributed by atoms with Crippen LogP contribution in [0.2, 0.25) is 5.02 Å². The molecule has 1 aromatic carbocycles. The first-order chi connectivity index (χ1) is 14.5. The number of rotatable bonds is 4. The van der Waals surface area contributed by atoms with Crippen molar-refractivity contribution in [2.45, 2.75) is 43.9 Å². The summed E-state index contributed by atoms with van der Waals surface area (Å²) in [7, 11) is 0. The summed E-state index contributed by atoms with van der Waals surface area (Å²) in [6, 6.07) is 7.60. The van der Waals surface area contributed by atoms with E-state index in [1.807, 2.05) is 48.6 Å². The Hall–Kier alpha value is -2.11. The molecule has 3 unspecified atom stereocenters. The third-order valence-electron chi connectivity index (χ3n) is 5.90. The lowest BCUT2D eigenvalue weighted by atomic mass is 9.86. The lowest BCUT2D eigenvalue weighted by molar-refractivity contribution is -0.434. The maximum absolute atomic E-state index is 13.3. The van der Waals surface area contributed by atoms with Gasteiger partial charge in [-0.2, -0.15) is 0 Å². The van der Waals surface area contributed by atoms with Crippen molar-refractivity contribution >= 4 is 47.0 Å². The first-order valence-corrected chi connectivity index (χ1v) is 11.7. The second-order valence-corrected chi connectivity index (χ2v) is 9.71. The van der Waals surface area contributed by atoms with Crippen molar-refractivity contribution in [3.05, 3.63) is 64.1 Å². The number of carbonyl (C=O) groups is 2. The topological polar surface area (TPSA) is 49.2 Å². The van der Waals surface area contributed by atoms with Crippen LogP contribution in [0.25, 0.3) is 6.08 Å². The fraction of sp³-hybridized carbons (Fsp3) is 0.375. The van der Waals surface area contributed by atoms with E-state index in [4.69, 9.17) is 11.6 Å². The Morgan fingerprint density at radius 3 is 2.77 bits per heavy atom. The number of benzene rings is 1. The number of halogens is 1. The smallest absolute Gasteiger partial charge is 0.348 e. The van der Waals surface area contributed by atoms with Crippen molar-refractivity contribution in [2.75, 3.05) is 6.54 Å². The molecule has 0 aromatic heterocycles. The van der Waals surface area contributed by atoms with E-state index in [-0.39, 0.29) is 29.7 Å². The number of allylic oxidation sites excluding steroid dienone is 3. The molecule has 6 heteroatoms. The Labute approximate surface area is 186 Å². The highest BCUT2D eigenvalue weighted by atomic mass is 35.5. The standard InChI is InChI=1S/C24H25ClN2O2S/c1-16-6-2-3-7-19(16)26-23(28)15-27-20-8-4-5-9-21(20)30-22(24(27)29)14-17-10-12-18(25)13-11-17/h4-5,8-14,16,19,21H,2-3,6-7,15H2,1H3/p+1/b22-14+. The molecule has 4 rings (SSSR count). The minimum Gasteiger partial charge on any atom is -0.348 e. The molecule has 1 aromatic rings. The van der Waals surface area contributed by atoms with Crippen molar-refractivity contribution in [1.29, 1.82) is 0 Å². The second kappa shape index (κ2) is 9.36. The van der Waals surface area contributed by atoms with Crippen molar-refractivity contribution in [2.24, 2.45) is 5.92 Å². The van der Waals surface area contributed by atoms with Crippen molar-refractivity contribution in [1.82, 2.24) is 5.32 Å². The molecule has 0 saturated heterocycles. The number of nitrogens with one attached hydrogen (secondary N) is 1. The minimum atomic E-state index is -0.131. The molecule has 0 bridgehead atoms. The van der Waals surface area contributed by atoms with Gasteiger partial charge in [0.1, 0.15) is 10.2 Å². The van der Waals surface area contributed by atoms with E-state index in [0.717, 1.165) is 30.5 Å². The van der Waals surface area contributed by atoms with E-state index in [2.05, 4.69) is 18.3 Å². The van der Waals surface area contributed by atoms with Crippen LogP contribution in [-0.4, -0.2) is 39.9 Å². The number of hydrogen-bond donors (Lipinski definition) is 1. The van der Waals surface area contributed by atoms with Crippen LogP contribution >= 0.6 is 23.4 Å². The minimum absolute atomic E-state index is 0.0210. The summed E-state index contributed by atoms with van der Waals surface area (Å²) >= 11 is 7.50. The lowest BCUT2D eigenvalue weighted by Crippen LogP contribution is -2.47. The Morgan fingerprint density at radius 1 is 1.23 bits per heavy atom. The molecular formula is C24H26ClN2O2S+. The monoisotopic (exact) mass is 441 g/mol. The lowest BCUT2D eigenvalue weighted by Gasteiger charge is -2.29. The van der Waals surface area contributed by atoms with Gasteiger partial charge >= 0.3 is 5.91 Å². The first kappa shape index (κ1) is 21.1. The predicted octanol–water partition coefficient (Wildman–Crippen LogP) is 4.60. The normalized spacial score (nSPS) is 27.3. The van der Waals surface area contributed by atoms with Gasteiger partial charge in [-0.15, -0.1) is 4.58 Å². The van der Waals surface area contributed by atoms with Crippen LogP contribution in [0.5, 0.6) is 0 Å². The van der Waals surface area contributed by atoms with Crippen LogP contribution in [0.1, 0.15) is 38.2 Å². The SMILES string of the molecule is CC1CCCCC1NC(=O)C[N+]1=C2C=CC=CC2S/C(=C/c2ccc(Cl)cc2)C1=O. The van der Waals surface area contributed by atoms with Gasteiger partial charge in [-0.1, -0.05) is 73.5 Å². The molecule has 2 aliphatic carbocycles. The maximum Gasteiger partial charge on any atom is 0.426 e. The molecule has 156 valence electrons. The number of carbonyl (C=O) groups excluding carboxylic acids is 2. The van der Waals surface area contributed by atoms with Gasteiger partial charge < -0.3 is 5.32 Å². The second-order valence-electron chi connectivity index (χ2n) is 8.09. The Morgan fingerprint density at radius 2 is 2.00 bits per heavy atom. The highest BCUT2D eigenvalue weighted by molar-refractivity contribution is 8.05. The van der Waals surface area contributed by atoms with Gasteiger partial charge in [0.05, 0.1) is 0 Å². The number of fused-ring (bicyclic) bond motifs is 1. The summed E-state index contributed by atoms with van der Waals surface area (Å²) in [4.78, 5) is 26.8. The molecule has 1 N–H and O–H groups in total. The van der Waals surface area contributed by atoms with E-state index < -0.39 is 0 Å². The molecule has 2 amide bonds. The Kier molecular flexibility index (Phi) is 6.59. The number of thioether (sulfide) groups is 1. The molecule has 0 radical (unpaired) electrons. The summed E-state index contributed by atoms with van der Waals surface area (Å²) in [6.45, 7) is 2.24. The highest BCUT2D eigenvalue weighted by Crippen LogP contribution is 2.33. The highest BCUT2D eigenvalue weighted by Gasteiger charge is 2.40. The van der Waals surface area contributed by atoms with E-state index >= 15 is 0 Å². The van der Waals surface area contributed by atoms with Crippen LogP contribution in [0.15, 0.2) is 53.5 Å². The Bertz CT molecular complexity index is 962. The maximum atomic E-state index is 13.3. The number of hydrogen-bond acceptors (Lipinski definition) is 3. The molecule has 3 atom stereocenters. The third-order valence-corrected chi connectivity index (χ3v) is 7.36. The number of nitrogens with zero attached hydrogens (tertiary/aromatic N) is 1. The fourth-order valence-corrected chi connectivity index (χ4v) is 5.50. The summed E-state index contributed by atoms with van der Waals surface area (Å²) in [5.41, 5.74) is 1.78. The van der Waals surface area contributed by atoms with Gasteiger partial charge in [0.2, 0.25) is 12.3 Å². The van der Waals surface area contributed by atoms with Crippen LogP contribution in [0.3, 0.4) is 0 Å². The largest absolute Gasteiger partial charge is 0.426 e. The zero-order chi connectivity index (χ0) is 21.1. The van der Waals surface area contributed by atoms with Crippen molar-refractivity contribution in [3.63, 3.8) is 0 Å². The summed E-state index contributed by atoms with van der Waals surface area (Å²) in [5, 5.41) is 3.85.